The molecule has 0 fully saturated rings. The summed E-state index contributed by atoms with van der Waals surface area (Å²) >= 11 is 0. The van der Waals surface area contributed by atoms with Crippen LogP contribution in [0.3, 0.4) is 0 Å². The van der Waals surface area contributed by atoms with Gasteiger partial charge in [-0.1, -0.05) is 38.1 Å². The Bertz CT molecular complexity index is 1160. The molecule has 1 amide bonds. The normalized spacial score (nSPS) is 15.2. The topological polar surface area (TPSA) is 90.3 Å². The summed E-state index contributed by atoms with van der Waals surface area (Å²) < 4.78 is 12.4. The van der Waals surface area contributed by atoms with Gasteiger partial charge in [-0.3, -0.25) is 4.79 Å². The zero-order valence-corrected chi connectivity index (χ0v) is 18.8. The van der Waals surface area contributed by atoms with Crippen LogP contribution in [0.25, 0.3) is 0 Å². The molecule has 1 aliphatic rings. The Labute approximate surface area is 187 Å². The smallest absolute Gasteiger partial charge is 0.255 e. The zero-order valence-electron chi connectivity index (χ0n) is 18.8. The predicted octanol–water partition coefficient (Wildman–Crippen LogP) is 4.35. The maximum atomic E-state index is 13.5. The fourth-order valence-corrected chi connectivity index (χ4v) is 3.85. The summed E-state index contributed by atoms with van der Waals surface area (Å²) in [6.07, 6.45) is 1.48. The molecule has 0 bridgehead atoms. The minimum Gasteiger partial charge on any atom is -0.497 e. The molecule has 1 atom stereocenters. The van der Waals surface area contributed by atoms with Crippen LogP contribution in [0.2, 0.25) is 0 Å². The predicted molar refractivity (Wildman–Crippen MR) is 123 cm³/mol. The molecule has 166 valence electrons. The van der Waals surface area contributed by atoms with Crippen LogP contribution in [0.1, 0.15) is 43.9 Å². The van der Waals surface area contributed by atoms with E-state index in [9.17, 15) is 4.79 Å². The van der Waals surface area contributed by atoms with Gasteiger partial charge >= 0.3 is 0 Å². The highest BCUT2D eigenvalue weighted by molar-refractivity contribution is 6.06. The number of rotatable bonds is 6. The van der Waals surface area contributed by atoms with Crippen molar-refractivity contribution in [2.75, 3.05) is 24.9 Å². The van der Waals surface area contributed by atoms with Gasteiger partial charge in [0.1, 0.15) is 23.9 Å². The molecular weight excluding hydrogens is 406 g/mol. The Hall–Kier alpha value is -3.81. The van der Waals surface area contributed by atoms with Gasteiger partial charge in [0, 0.05) is 11.8 Å². The first kappa shape index (κ1) is 21.4. The van der Waals surface area contributed by atoms with Crippen LogP contribution in [0, 0.1) is 0 Å². The first-order valence-corrected chi connectivity index (χ1v) is 10.4. The first-order valence-electron chi connectivity index (χ1n) is 10.4. The molecule has 8 nitrogen and oxygen atoms in total. The van der Waals surface area contributed by atoms with E-state index in [1.165, 1.54) is 11.9 Å². The van der Waals surface area contributed by atoms with Crippen molar-refractivity contribution in [3.63, 3.8) is 0 Å². The van der Waals surface area contributed by atoms with Gasteiger partial charge in [-0.15, -0.1) is 0 Å². The fraction of sp³-hybridized carbons (Fsp3) is 0.292. The van der Waals surface area contributed by atoms with Crippen molar-refractivity contribution in [2.45, 2.75) is 32.7 Å². The summed E-state index contributed by atoms with van der Waals surface area (Å²) in [5.74, 6) is 1.92. The molecule has 0 saturated carbocycles. The van der Waals surface area contributed by atoms with E-state index in [-0.39, 0.29) is 5.91 Å². The lowest BCUT2D eigenvalue weighted by Crippen LogP contribution is -2.31. The van der Waals surface area contributed by atoms with E-state index in [0.717, 1.165) is 5.56 Å². The maximum absolute atomic E-state index is 13.5. The molecule has 0 saturated heterocycles. The Morgan fingerprint density at radius 2 is 1.88 bits per heavy atom. The quantitative estimate of drug-likeness (QED) is 0.601. The van der Waals surface area contributed by atoms with Crippen molar-refractivity contribution in [3.05, 3.63) is 71.2 Å². The van der Waals surface area contributed by atoms with Gasteiger partial charge in [0.25, 0.3) is 5.91 Å². The number of nitrogens with zero attached hydrogens (tertiary/aromatic N) is 3. The van der Waals surface area contributed by atoms with Gasteiger partial charge in [-0.05, 0) is 36.1 Å². The van der Waals surface area contributed by atoms with Gasteiger partial charge in [0.05, 0.1) is 25.5 Å². The number of methoxy groups -OCH3 is 2. The second-order valence-electron chi connectivity index (χ2n) is 7.94. The number of allylic oxidation sites excluding steroid dienone is 1. The number of hydrogen-bond acceptors (Lipinski definition) is 6. The Morgan fingerprint density at radius 1 is 1.12 bits per heavy atom. The van der Waals surface area contributed by atoms with E-state index in [1.807, 2.05) is 19.1 Å². The highest BCUT2D eigenvalue weighted by atomic mass is 16.5. The van der Waals surface area contributed by atoms with Crippen molar-refractivity contribution >= 4 is 17.5 Å². The summed E-state index contributed by atoms with van der Waals surface area (Å²) in [6.45, 7) is 6.17. The number of aromatic nitrogens is 3. The largest absolute Gasteiger partial charge is 0.497 e. The molecule has 32 heavy (non-hydrogen) atoms. The van der Waals surface area contributed by atoms with Gasteiger partial charge in [0.2, 0.25) is 5.95 Å². The molecule has 0 aliphatic carbocycles. The SMILES string of the molecule is COc1ccc(NC(=O)C2=C(C)Nc3ncnn3[C@@H]2c2ccc(C(C)C)cc2)c(OC)c1. The number of hydrogen-bond donors (Lipinski definition) is 2. The number of benzene rings is 2. The van der Waals surface area contributed by atoms with Crippen molar-refractivity contribution in [2.24, 2.45) is 0 Å². The molecule has 8 heteroatoms. The number of amides is 1. The number of carbonyl (C=O) groups is 1. The van der Waals surface area contributed by atoms with E-state index >= 15 is 0 Å². The number of ether oxygens (including phenoxy) is 2. The molecule has 0 spiro atoms. The van der Waals surface area contributed by atoms with Crippen LogP contribution in [0.5, 0.6) is 11.5 Å². The van der Waals surface area contributed by atoms with Gasteiger partial charge in [0.15, 0.2) is 0 Å². The Balaban J connectivity index is 1.73. The Kier molecular flexibility index (Phi) is 5.85. The molecule has 2 N–H and O–H groups in total. The lowest BCUT2D eigenvalue weighted by Gasteiger charge is -2.29. The monoisotopic (exact) mass is 433 g/mol. The molecule has 4 rings (SSSR count). The van der Waals surface area contributed by atoms with Crippen LogP contribution in [-0.4, -0.2) is 34.9 Å². The van der Waals surface area contributed by atoms with Crippen molar-refractivity contribution in [1.82, 2.24) is 14.8 Å². The van der Waals surface area contributed by atoms with E-state index < -0.39 is 6.04 Å². The fourth-order valence-electron chi connectivity index (χ4n) is 3.85. The zero-order chi connectivity index (χ0) is 22.8. The highest BCUT2D eigenvalue weighted by Crippen LogP contribution is 2.37. The molecule has 0 radical (unpaired) electrons. The average Bonchev–Trinajstić information content (AvgIpc) is 3.26. The standard InChI is InChI=1S/C24H27N5O3/c1-14(2)16-6-8-17(9-7-16)22-21(15(3)27-24-25-13-26-29(22)24)23(30)28-19-11-10-18(31-4)12-20(19)32-5/h6-14,22H,1-5H3,(H,28,30)(H,25,26,27)/t22-/m1/s1. The molecule has 3 aromatic rings. The molecule has 2 aromatic carbocycles. The first-order chi connectivity index (χ1) is 15.4. The lowest BCUT2D eigenvalue weighted by molar-refractivity contribution is -0.113. The van der Waals surface area contributed by atoms with Crippen LogP contribution in [0.15, 0.2) is 60.1 Å². The molecule has 1 aliphatic heterocycles. The minimum absolute atomic E-state index is 0.252. The third kappa shape index (κ3) is 3.91. The second kappa shape index (κ2) is 8.74. The number of anilines is 2. The van der Waals surface area contributed by atoms with E-state index in [2.05, 4.69) is 46.7 Å². The minimum atomic E-state index is -0.417. The molecule has 1 aromatic heterocycles. The second-order valence-corrected chi connectivity index (χ2v) is 7.94. The van der Waals surface area contributed by atoms with Crippen LogP contribution in [-0.2, 0) is 4.79 Å². The van der Waals surface area contributed by atoms with Crippen molar-refractivity contribution in [1.29, 1.82) is 0 Å². The van der Waals surface area contributed by atoms with Crippen molar-refractivity contribution < 1.29 is 14.3 Å². The summed E-state index contributed by atoms with van der Waals surface area (Å²) in [6, 6.07) is 13.1. The summed E-state index contributed by atoms with van der Waals surface area (Å²) in [4.78, 5) is 17.8. The number of nitrogens with one attached hydrogen (secondary N) is 2. The molecule has 0 unspecified atom stereocenters. The summed E-state index contributed by atoms with van der Waals surface area (Å²) in [5.41, 5.74) is 4.01. The van der Waals surface area contributed by atoms with Crippen LogP contribution in [0.4, 0.5) is 11.6 Å². The van der Waals surface area contributed by atoms with Crippen LogP contribution < -0.4 is 20.1 Å². The molecular formula is C24H27N5O3. The average molecular weight is 434 g/mol. The van der Waals surface area contributed by atoms with Gasteiger partial charge in [-0.2, -0.15) is 10.1 Å². The van der Waals surface area contributed by atoms with Crippen LogP contribution >= 0.6 is 0 Å². The van der Waals surface area contributed by atoms with Gasteiger partial charge < -0.3 is 20.1 Å². The number of fused-ring (bicyclic) bond motifs is 1. The summed E-state index contributed by atoms with van der Waals surface area (Å²) in [5, 5.41) is 10.6. The Morgan fingerprint density at radius 3 is 2.53 bits per heavy atom. The molecule has 2 heterocycles. The van der Waals surface area contributed by atoms with Crippen molar-refractivity contribution in [3.8, 4) is 11.5 Å². The number of carbonyl (C=O) groups excluding carboxylic acids is 1. The van der Waals surface area contributed by atoms with E-state index in [4.69, 9.17) is 9.47 Å². The lowest BCUT2D eigenvalue weighted by atomic mass is 9.92. The van der Waals surface area contributed by atoms with E-state index in [1.54, 1.807) is 37.1 Å². The highest BCUT2D eigenvalue weighted by Gasteiger charge is 2.33. The third-order valence-corrected chi connectivity index (χ3v) is 5.61. The summed E-state index contributed by atoms with van der Waals surface area (Å²) in [7, 11) is 3.14. The van der Waals surface area contributed by atoms with E-state index in [0.29, 0.717) is 40.3 Å². The third-order valence-electron chi connectivity index (χ3n) is 5.61. The van der Waals surface area contributed by atoms with Gasteiger partial charge in [-0.25, -0.2) is 4.68 Å². The maximum Gasteiger partial charge on any atom is 0.255 e.